The Labute approximate surface area is 154 Å². The number of ether oxygens (including phenoxy) is 1. The molecule has 0 saturated carbocycles. The fourth-order valence-electron chi connectivity index (χ4n) is 3.39. The van der Waals surface area contributed by atoms with Crippen LogP contribution in [0.15, 0.2) is 54.9 Å². The fourth-order valence-corrected chi connectivity index (χ4v) is 3.39. The van der Waals surface area contributed by atoms with Crippen molar-refractivity contribution in [3.8, 4) is 5.75 Å². The topological polar surface area (TPSA) is 65.9 Å². The van der Waals surface area contributed by atoms with Crippen molar-refractivity contribution in [3.63, 3.8) is 0 Å². The highest BCUT2D eigenvalue weighted by Gasteiger charge is 2.30. The number of carboxylic acid groups (broad SMARTS) is 1. The Bertz CT molecular complexity index is 696. The summed E-state index contributed by atoms with van der Waals surface area (Å²) in [6.45, 7) is 4.69. The van der Waals surface area contributed by atoms with Crippen molar-refractivity contribution in [3.05, 3.63) is 54.9 Å². The van der Waals surface area contributed by atoms with Gasteiger partial charge in [0.25, 0.3) is 0 Å². The quantitative estimate of drug-likeness (QED) is 0.824. The normalized spacial score (nSPS) is 19.1. The average molecular weight is 355 g/mol. The van der Waals surface area contributed by atoms with E-state index in [4.69, 9.17) is 9.84 Å². The van der Waals surface area contributed by atoms with Gasteiger partial charge in [-0.25, -0.2) is 0 Å². The molecule has 1 fully saturated rings. The molecule has 2 unspecified atom stereocenters. The first-order chi connectivity index (χ1) is 12.6. The van der Waals surface area contributed by atoms with Crippen LogP contribution in [-0.4, -0.2) is 52.9 Å². The van der Waals surface area contributed by atoms with Gasteiger partial charge in [0.1, 0.15) is 5.75 Å². The molecule has 1 aromatic carbocycles. The highest BCUT2D eigenvalue weighted by Crippen LogP contribution is 2.23. The van der Waals surface area contributed by atoms with Crippen LogP contribution >= 0.6 is 0 Å². The number of rotatable bonds is 7. The maximum atomic E-state index is 11.1. The molecule has 1 aliphatic rings. The summed E-state index contributed by atoms with van der Waals surface area (Å²) >= 11 is 0. The predicted molar refractivity (Wildman–Crippen MR) is 100 cm³/mol. The van der Waals surface area contributed by atoms with Gasteiger partial charge in [0.05, 0.1) is 6.42 Å². The molecule has 6 heteroatoms. The smallest absolute Gasteiger partial charge is 0.303 e. The maximum absolute atomic E-state index is 11.1. The molecule has 0 aliphatic carbocycles. The number of aliphatic carboxylic acids is 1. The summed E-state index contributed by atoms with van der Waals surface area (Å²) in [7, 11) is 0. The second-order valence-corrected chi connectivity index (χ2v) is 6.56. The van der Waals surface area contributed by atoms with E-state index < -0.39 is 5.97 Å². The molecular weight excluding hydrogens is 330 g/mol. The van der Waals surface area contributed by atoms with Crippen molar-refractivity contribution in [2.45, 2.75) is 32.0 Å². The predicted octanol–water partition coefficient (Wildman–Crippen LogP) is 2.86. The Balaban J connectivity index is 1.68. The molecule has 0 bridgehead atoms. The van der Waals surface area contributed by atoms with Gasteiger partial charge in [0.15, 0.2) is 6.23 Å². The average Bonchev–Trinajstić information content (AvgIpc) is 2.66. The van der Waals surface area contributed by atoms with Gasteiger partial charge in [-0.1, -0.05) is 18.2 Å². The molecule has 6 nitrogen and oxygen atoms in total. The van der Waals surface area contributed by atoms with Gasteiger partial charge in [-0.3, -0.25) is 14.7 Å². The summed E-state index contributed by atoms with van der Waals surface area (Å²) in [6.07, 6.45) is 3.93. The number of anilines is 1. The molecule has 1 N–H and O–H groups in total. The minimum absolute atomic E-state index is 0.0937. The highest BCUT2D eigenvalue weighted by atomic mass is 16.5. The molecule has 2 heterocycles. The van der Waals surface area contributed by atoms with Crippen LogP contribution in [0.3, 0.4) is 0 Å². The largest absolute Gasteiger partial charge is 0.481 e. The van der Waals surface area contributed by atoms with Crippen molar-refractivity contribution < 1.29 is 14.6 Å². The minimum Gasteiger partial charge on any atom is -0.481 e. The third-order valence-electron chi connectivity index (χ3n) is 4.68. The van der Waals surface area contributed by atoms with Crippen LogP contribution in [0.2, 0.25) is 0 Å². The van der Waals surface area contributed by atoms with Gasteiger partial charge in [0, 0.05) is 50.2 Å². The number of nitrogens with zero attached hydrogens (tertiary/aromatic N) is 3. The summed E-state index contributed by atoms with van der Waals surface area (Å²) < 4.78 is 6.13. The molecular formula is C20H25N3O3. The first-order valence-corrected chi connectivity index (χ1v) is 8.97. The Morgan fingerprint density at radius 1 is 1.23 bits per heavy atom. The second kappa shape index (κ2) is 8.67. The third-order valence-corrected chi connectivity index (χ3v) is 4.68. The Hall–Kier alpha value is -2.60. The van der Waals surface area contributed by atoms with E-state index >= 15 is 0 Å². The maximum Gasteiger partial charge on any atom is 0.303 e. The van der Waals surface area contributed by atoms with E-state index in [1.54, 1.807) is 0 Å². The van der Waals surface area contributed by atoms with Crippen molar-refractivity contribution >= 4 is 11.7 Å². The number of hydrogen-bond donors (Lipinski definition) is 1. The summed E-state index contributed by atoms with van der Waals surface area (Å²) in [5.74, 6) is -0.0257. The summed E-state index contributed by atoms with van der Waals surface area (Å²) in [5.41, 5.74) is 1.17. The Morgan fingerprint density at radius 3 is 2.62 bits per heavy atom. The SMILES string of the molecule is CC1CN(C(CCC(=O)O)Oc2ccccc2)CCN1c1ccncc1. The highest BCUT2D eigenvalue weighted by molar-refractivity contribution is 5.66. The Morgan fingerprint density at radius 2 is 1.96 bits per heavy atom. The van der Waals surface area contributed by atoms with E-state index in [9.17, 15) is 4.79 Å². The molecule has 2 aromatic rings. The van der Waals surface area contributed by atoms with Crippen LogP contribution in [0.4, 0.5) is 5.69 Å². The number of benzene rings is 1. The van der Waals surface area contributed by atoms with E-state index in [1.165, 1.54) is 5.69 Å². The number of aromatic nitrogens is 1. The number of hydrogen-bond acceptors (Lipinski definition) is 5. The summed E-state index contributed by atoms with van der Waals surface area (Å²) in [6, 6.07) is 14.0. The molecule has 0 spiro atoms. The zero-order valence-electron chi connectivity index (χ0n) is 15.0. The monoisotopic (exact) mass is 355 g/mol. The molecule has 138 valence electrons. The van der Waals surface area contributed by atoms with E-state index in [2.05, 4.69) is 21.7 Å². The van der Waals surface area contributed by atoms with Crippen LogP contribution in [0.25, 0.3) is 0 Å². The number of para-hydroxylation sites is 1. The second-order valence-electron chi connectivity index (χ2n) is 6.56. The van der Waals surface area contributed by atoms with Crippen molar-refractivity contribution in [1.82, 2.24) is 9.88 Å². The molecule has 1 aromatic heterocycles. The van der Waals surface area contributed by atoms with E-state index in [-0.39, 0.29) is 12.6 Å². The van der Waals surface area contributed by atoms with E-state index in [1.807, 2.05) is 54.9 Å². The van der Waals surface area contributed by atoms with Gasteiger partial charge >= 0.3 is 5.97 Å². The minimum atomic E-state index is -0.796. The first-order valence-electron chi connectivity index (χ1n) is 8.97. The van der Waals surface area contributed by atoms with Gasteiger partial charge in [-0.2, -0.15) is 0 Å². The van der Waals surface area contributed by atoms with Crippen LogP contribution < -0.4 is 9.64 Å². The first kappa shape index (κ1) is 18.2. The fraction of sp³-hybridized carbons (Fsp3) is 0.400. The number of pyridine rings is 1. The zero-order chi connectivity index (χ0) is 18.4. The number of carbonyl (C=O) groups is 1. The van der Waals surface area contributed by atoms with Gasteiger partial charge in [-0.15, -0.1) is 0 Å². The van der Waals surface area contributed by atoms with E-state index in [0.717, 1.165) is 25.4 Å². The molecule has 3 rings (SSSR count). The van der Waals surface area contributed by atoms with Gasteiger partial charge < -0.3 is 14.7 Å². The third kappa shape index (κ3) is 4.73. The van der Waals surface area contributed by atoms with Gasteiger partial charge in [0.2, 0.25) is 0 Å². The molecule has 26 heavy (non-hydrogen) atoms. The summed E-state index contributed by atoms with van der Waals surface area (Å²) in [5, 5.41) is 9.08. The van der Waals surface area contributed by atoms with Crippen LogP contribution in [0.1, 0.15) is 19.8 Å². The molecule has 1 saturated heterocycles. The lowest BCUT2D eigenvalue weighted by Gasteiger charge is -2.44. The molecule has 2 atom stereocenters. The molecule has 1 aliphatic heterocycles. The van der Waals surface area contributed by atoms with Crippen molar-refractivity contribution in [1.29, 1.82) is 0 Å². The molecule has 0 amide bonds. The van der Waals surface area contributed by atoms with Crippen LogP contribution in [-0.2, 0) is 4.79 Å². The summed E-state index contributed by atoms with van der Waals surface area (Å²) in [4.78, 5) is 19.7. The standard InChI is InChI=1S/C20H25N3O3/c1-16-15-22(13-14-23(16)17-9-11-21-12-10-17)19(7-8-20(24)25)26-18-5-3-2-4-6-18/h2-6,9-12,16,19H,7-8,13-15H2,1H3,(H,24,25). The lowest BCUT2D eigenvalue weighted by atomic mass is 10.1. The van der Waals surface area contributed by atoms with Crippen LogP contribution in [0, 0.1) is 0 Å². The van der Waals surface area contributed by atoms with E-state index in [0.29, 0.717) is 12.5 Å². The zero-order valence-corrected chi connectivity index (χ0v) is 15.0. The van der Waals surface area contributed by atoms with Crippen molar-refractivity contribution in [2.75, 3.05) is 24.5 Å². The van der Waals surface area contributed by atoms with Crippen LogP contribution in [0.5, 0.6) is 5.75 Å². The Kier molecular flexibility index (Phi) is 6.07. The van der Waals surface area contributed by atoms with Crippen molar-refractivity contribution in [2.24, 2.45) is 0 Å². The lowest BCUT2D eigenvalue weighted by molar-refractivity contribution is -0.138. The number of piperazine rings is 1. The molecule has 0 radical (unpaired) electrons. The van der Waals surface area contributed by atoms with Gasteiger partial charge in [-0.05, 0) is 31.2 Å². The number of carboxylic acids is 1. The lowest BCUT2D eigenvalue weighted by Crippen LogP contribution is -2.56.